The number of carboxylic acids is 1. The zero-order chi connectivity index (χ0) is 10.8. The van der Waals surface area contributed by atoms with Gasteiger partial charge in [-0.2, -0.15) is 0 Å². The number of hydrogen-bond donors (Lipinski definition) is 1. The fourth-order valence-corrected chi connectivity index (χ4v) is 0.937. The zero-order valence-corrected chi connectivity index (χ0v) is 8.36. The first-order valence-corrected chi connectivity index (χ1v) is 4.58. The molecule has 0 amide bonds. The van der Waals surface area contributed by atoms with Gasteiger partial charge in [-0.15, -0.1) is 0 Å². The Hall–Kier alpha value is -1.16. The van der Waals surface area contributed by atoms with Crippen LogP contribution in [0.5, 0.6) is 0 Å². The first-order chi connectivity index (χ1) is 6.68. The number of unbranched alkanes of at least 4 members (excludes halogenated alkanes) is 2. The monoisotopic (exact) mass is 200 g/mol. The number of aliphatic carboxylic acids is 1. The molecule has 0 aliphatic rings. The Kier molecular flexibility index (Phi) is 7.74. The van der Waals surface area contributed by atoms with Crippen LogP contribution in [0.25, 0.3) is 0 Å². The SMILES string of the molecule is COCC=CCCCCC(=O)C(=O)O. The predicted molar refractivity (Wildman–Crippen MR) is 52.1 cm³/mol. The normalized spacial score (nSPS) is 10.6. The molecule has 0 fully saturated rings. The van der Waals surface area contributed by atoms with Crippen molar-refractivity contribution in [1.82, 2.24) is 0 Å². The van der Waals surface area contributed by atoms with E-state index in [1.807, 2.05) is 12.2 Å². The molecule has 0 bridgehead atoms. The van der Waals surface area contributed by atoms with Crippen LogP contribution in [0.15, 0.2) is 12.2 Å². The molecule has 14 heavy (non-hydrogen) atoms. The van der Waals surface area contributed by atoms with E-state index >= 15 is 0 Å². The van der Waals surface area contributed by atoms with Crippen LogP contribution in [0.3, 0.4) is 0 Å². The number of ketones is 1. The second kappa shape index (κ2) is 8.44. The highest BCUT2D eigenvalue weighted by molar-refractivity contribution is 6.32. The average Bonchev–Trinajstić information content (AvgIpc) is 2.16. The molecule has 0 heterocycles. The van der Waals surface area contributed by atoms with Crippen molar-refractivity contribution in [3.63, 3.8) is 0 Å². The third-order valence-corrected chi connectivity index (χ3v) is 1.69. The molecule has 0 unspecified atom stereocenters. The summed E-state index contributed by atoms with van der Waals surface area (Å²) < 4.78 is 4.80. The molecule has 0 saturated heterocycles. The second-order valence-corrected chi connectivity index (χ2v) is 2.90. The van der Waals surface area contributed by atoms with Crippen molar-refractivity contribution in [1.29, 1.82) is 0 Å². The maximum atomic E-state index is 10.6. The van der Waals surface area contributed by atoms with Crippen molar-refractivity contribution in [3.05, 3.63) is 12.2 Å². The largest absolute Gasteiger partial charge is 0.476 e. The van der Waals surface area contributed by atoms with Gasteiger partial charge >= 0.3 is 5.97 Å². The van der Waals surface area contributed by atoms with Gasteiger partial charge < -0.3 is 9.84 Å². The van der Waals surface area contributed by atoms with Gasteiger partial charge in [0.1, 0.15) is 0 Å². The van der Waals surface area contributed by atoms with Gasteiger partial charge in [0.15, 0.2) is 0 Å². The van der Waals surface area contributed by atoms with E-state index in [0.717, 1.165) is 12.8 Å². The molecule has 4 heteroatoms. The number of rotatable bonds is 8. The van der Waals surface area contributed by atoms with Crippen molar-refractivity contribution in [2.24, 2.45) is 0 Å². The molecule has 0 atom stereocenters. The average molecular weight is 200 g/mol. The molecule has 1 N–H and O–H groups in total. The Morgan fingerprint density at radius 2 is 2.00 bits per heavy atom. The summed E-state index contributed by atoms with van der Waals surface area (Å²) in [4.78, 5) is 20.8. The summed E-state index contributed by atoms with van der Waals surface area (Å²) in [7, 11) is 1.62. The molecule has 0 radical (unpaired) electrons. The van der Waals surface area contributed by atoms with E-state index < -0.39 is 11.8 Å². The summed E-state index contributed by atoms with van der Waals surface area (Å²) in [6.45, 7) is 0.591. The van der Waals surface area contributed by atoms with Gasteiger partial charge in [-0.25, -0.2) is 4.79 Å². The van der Waals surface area contributed by atoms with Gasteiger partial charge in [0, 0.05) is 13.5 Å². The van der Waals surface area contributed by atoms with Crippen molar-refractivity contribution in [2.75, 3.05) is 13.7 Å². The molecule has 0 spiro atoms. The smallest absolute Gasteiger partial charge is 0.372 e. The van der Waals surface area contributed by atoms with Gasteiger partial charge in [0.05, 0.1) is 6.61 Å². The number of hydrogen-bond acceptors (Lipinski definition) is 3. The maximum absolute atomic E-state index is 10.6. The van der Waals surface area contributed by atoms with Crippen LogP contribution in [-0.2, 0) is 14.3 Å². The van der Waals surface area contributed by atoms with Crippen LogP contribution in [0.4, 0.5) is 0 Å². The first kappa shape index (κ1) is 12.8. The minimum absolute atomic E-state index is 0.132. The van der Waals surface area contributed by atoms with Crippen LogP contribution in [0.2, 0.25) is 0 Å². The molecule has 0 aromatic rings. The molecule has 0 aliphatic heterocycles. The summed E-state index contributed by atoms with van der Waals surface area (Å²) in [6, 6.07) is 0. The van der Waals surface area contributed by atoms with Crippen molar-refractivity contribution in [2.45, 2.75) is 25.7 Å². The molecule has 0 rings (SSSR count). The first-order valence-electron chi connectivity index (χ1n) is 4.58. The Morgan fingerprint density at radius 1 is 1.29 bits per heavy atom. The maximum Gasteiger partial charge on any atom is 0.372 e. The van der Waals surface area contributed by atoms with Crippen molar-refractivity contribution in [3.8, 4) is 0 Å². The van der Waals surface area contributed by atoms with E-state index in [2.05, 4.69) is 0 Å². The van der Waals surface area contributed by atoms with Crippen molar-refractivity contribution >= 4 is 11.8 Å². The Morgan fingerprint density at radius 3 is 2.57 bits per heavy atom. The Bertz CT molecular complexity index is 208. The highest BCUT2D eigenvalue weighted by Gasteiger charge is 2.09. The molecular formula is C10H16O4. The molecule has 0 aromatic carbocycles. The topological polar surface area (TPSA) is 63.6 Å². The third kappa shape index (κ3) is 7.49. The number of ether oxygens (including phenoxy) is 1. The number of methoxy groups -OCH3 is 1. The number of Topliss-reactive ketones (excluding diaryl/α,β-unsaturated/α-hetero) is 1. The van der Waals surface area contributed by atoms with Crippen LogP contribution >= 0.6 is 0 Å². The fourth-order valence-electron chi connectivity index (χ4n) is 0.937. The molecule has 4 nitrogen and oxygen atoms in total. The highest BCUT2D eigenvalue weighted by atomic mass is 16.5. The zero-order valence-electron chi connectivity index (χ0n) is 8.36. The number of carbonyl (C=O) groups excluding carboxylic acids is 1. The number of allylic oxidation sites excluding steroid dienone is 1. The lowest BCUT2D eigenvalue weighted by molar-refractivity contribution is -0.149. The summed E-state index contributed by atoms with van der Waals surface area (Å²) in [5, 5.41) is 8.27. The van der Waals surface area contributed by atoms with Crippen molar-refractivity contribution < 1.29 is 19.4 Å². The third-order valence-electron chi connectivity index (χ3n) is 1.69. The second-order valence-electron chi connectivity index (χ2n) is 2.90. The van der Waals surface area contributed by atoms with Gasteiger partial charge in [-0.05, 0) is 19.3 Å². The van der Waals surface area contributed by atoms with E-state index in [0.29, 0.717) is 13.0 Å². The lowest BCUT2D eigenvalue weighted by Crippen LogP contribution is -2.11. The number of carbonyl (C=O) groups is 2. The molecule has 0 saturated carbocycles. The van der Waals surface area contributed by atoms with Gasteiger partial charge in [-0.3, -0.25) is 4.79 Å². The molecule has 0 aliphatic carbocycles. The Balaban J connectivity index is 3.29. The standard InChI is InChI=1S/C10H16O4/c1-14-8-6-4-2-3-5-7-9(11)10(12)13/h4,6H,2-3,5,7-8H2,1H3,(H,12,13). The fraction of sp³-hybridized carbons (Fsp3) is 0.600. The predicted octanol–water partition coefficient (Wildman–Crippen LogP) is 1.40. The molecular weight excluding hydrogens is 184 g/mol. The lowest BCUT2D eigenvalue weighted by atomic mass is 10.1. The van der Waals surface area contributed by atoms with Crippen LogP contribution in [-0.4, -0.2) is 30.6 Å². The van der Waals surface area contributed by atoms with Crippen LogP contribution in [0.1, 0.15) is 25.7 Å². The summed E-state index contributed by atoms with van der Waals surface area (Å²) in [5.74, 6) is -2.04. The highest BCUT2D eigenvalue weighted by Crippen LogP contribution is 2.01. The summed E-state index contributed by atoms with van der Waals surface area (Å²) in [6.07, 6.45) is 6.32. The minimum Gasteiger partial charge on any atom is -0.476 e. The Labute approximate surface area is 83.6 Å². The number of carboxylic acid groups (broad SMARTS) is 1. The van der Waals surface area contributed by atoms with Crippen LogP contribution < -0.4 is 0 Å². The summed E-state index contributed by atoms with van der Waals surface area (Å²) in [5.41, 5.74) is 0. The van der Waals surface area contributed by atoms with E-state index in [1.54, 1.807) is 7.11 Å². The molecule has 0 aromatic heterocycles. The van der Waals surface area contributed by atoms with E-state index in [4.69, 9.17) is 9.84 Å². The van der Waals surface area contributed by atoms with Gasteiger partial charge in [-0.1, -0.05) is 12.2 Å². The minimum atomic E-state index is -1.33. The van der Waals surface area contributed by atoms with E-state index in [1.165, 1.54) is 0 Å². The lowest BCUT2D eigenvalue weighted by Gasteiger charge is -1.94. The molecule has 80 valence electrons. The van der Waals surface area contributed by atoms with Gasteiger partial charge in [0.2, 0.25) is 5.78 Å². The van der Waals surface area contributed by atoms with Gasteiger partial charge in [0.25, 0.3) is 0 Å². The quantitative estimate of drug-likeness (QED) is 0.365. The van der Waals surface area contributed by atoms with Crippen LogP contribution in [0, 0.1) is 0 Å². The van der Waals surface area contributed by atoms with E-state index in [-0.39, 0.29) is 6.42 Å². The summed E-state index contributed by atoms with van der Waals surface area (Å²) >= 11 is 0. The van der Waals surface area contributed by atoms with E-state index in [9.17, 15) is 9.59 Å².